The molecule has 2 amide bonds. The van der Waals surface area contributed by atoms with Gasteiger partial charge >= 0.3 is 12.1 Å². The van der Waals surface area contributed by atoms with Crippen molar-refractivity contribution in [3.8, 4) is 5.75 Å². The van der Waals surface area contributed by atoms with Crippen LogP contribution in [0.25, 0.3) is 0 Å². The number of carboxylic acids is 1. The van der Waals surface area contributed by atoms with Crippen LogP contribution in [0.5, 0.6) is 5.75 Å². The third-order valence-electron chi connectivity index (χ3n) is 5.94. The SMILES string of the molecule is CC(COc1ccc2c(c1)CCN2C(=O)CN(CCC(=O)O)C(=O)OC(C)(C)C)Cc1ccc(F)cc1F.Cl. The van der Waals surface area contributed by atoms with Gasteiger partial charge < -0.3 is 19.5 Å². The molecule has 11 heteroatoms. The Bertz CT molecular complexity index is 1190. The van der Waals surface area contributed by atoms with Gasteiger partial charge in [0, 0.05) is 24.8 Å². The van der Waals surface area contributed by atoms with Crippen molar-refractivity contribution in [2.45, 2.75) is 52.6 Å². The van der Waals surface area contributed by atoms with E-state index in [1.54, 1.807) is 37.8 Å². The van der Waals surface area contributed by atoms with Crippen LogP contribution < -0.4 is 9.64 Å². The van der Waals surface area contributed by atoms with E-state index >= 15 is 0 Å². The quantitative estimate of drug-likeness (QED) is 0.421. The molecule has 0 saturated carbocycles. The fourth-order valence-electron chi connectivity index (χ4n) is 4.13. The standard InChI is InChI=1S/C28H34F2N2O6.ClH/c1-18(13-19-5-6-21(29)15-23(19)30)17-37-22-7-8-24-20(14-22)9-12-32(24)25(33)16-31(11-10-26(34)35)27(36)38-28(2,3)4;/h5-8,14-15,18H,9-13,16-17H2,1-4H3,(H,34,35);1H. The number of carbonyl (C=O) groups excluding carboxylic acids is 2. The van der Waals surface area contributed by atoms with Crippen molar-refractivity contribution < 1.29 is 37.7 Å². The highest BCUT2D eigenvalue weighted by Crippen LogP contribution is 2.32. The van der Waals surface area contributed by atoms with Crippen LogP contribution >= 0.6 is 12.4 Å². The van der Waals surface area contributed by atoms with E-state index in [1.807, 2.05) is 13.0 Å². The number of fused-ring (bicyclic) bond motifs is 1. The number of carbonyl (C=O) groups is 3. The van der Waals surface area contributed by atoms with Crippen LogP contribution in [0.15, 0.2) is 36.4 Å². The Hall–Kier alpha value is -3.40. The molecule has 2 aromatic rings. The fraction of sp³-hybridized carbons (Fsp3) is 0.464. The number of hydrogen-bond donors (Lipinski definition) is 1. The van der Waals surface area contributed by atoms with Gasteiger partial charge in [0.2, 0.25) is 5.91 Å². The van der Waals surface area contributed by atoms with Crippen LogP contribution in [-0.2, 0) is 27.2 Å². The average Bonchev–Trinajstić information content (AvgIpc) is 3.24. The minimum atomic E-state index is -1.08. The second-order valence-electron chi connectivity index (χ2n) is 10.5. The van der Waals surface area contributed by atoms with E-state index in [9.17, 15) is 23.2 Å². The number of halogens is 3. The molecule has 39 heavy (non-hydrogen) atoms. The van der Waals surface area contributed by atoms with Gasteiger partial charge in [-0.1, -0.05) is 13.0 Å². The summed E-state index contributed by atoms with van der Waals surface area (Å²) in [5, 5.41) is 9.04. The van der Waals surface area contributed by atoms with Crippen molar-refractivity contribution in [1.82, 2.24) is 4.90 Å². The van der Waals surface area contributed by atoms with Crippen molar-refractivity contribution in [2.75, 3.05) is 31.1 Å². The molecule has 1 atom stereocenters. The Balaban J connectivity index is 0.00000533. The van der Waals surface area contributed by atoms with Crippen molar-refractivity contribution in [2.24, 2.45) is 5.92 Å². The molecule has 1 N–H and O–H groups in total. The molecule has 0 radical (unpaired) electrons. The molecule has 1 unspecified atom stereocenters. The Morgan fingerprint density at radius 1 is 1.13 bits per heavy atom. The lowest BCUT2D eigenvalue weighted by Crippen LogP contribution is -2.45. The zero-order valence-corrected chi connectivity index (χ0v) is 23.4. The fourth-order valence-corrected chi connectivity index (χ4v) is 4.13. The molecule has 214 valence electrons. The van der Waals surface area contributed by atoms with Gasteiger partial charge in [-0.15, -0.1) is 12.4 Å². The molecule has 2 aromatic carbocycles. The molecule has 0 aromatic heterocycles. The van der Waals surface area contributed by atoms with E-state index in [4.69, 9.17) is 14.6 Å². The van der Waals surface area contributed by atoms with E-state index in [0.29, 0.717) is 43.0 Å². The first-order valence-electron chi connectivity index (χ1n) is 12.5. The van der Waals surface area contributed by atoms with Crippen LogP contribution in [-0.4, -0.2) is 59.8 Å². The summed E-state index contributed by atoms with van der Waals surface area (Å²) in [6, 6.07) is 8.91. The summed E-state index contributed by atoms with van der Waals surface area (Å²) in [6.07, 6.45) is -0.0633. The van der Waals surface area contributed by atoms with E-state index < -0.39 is 29.3 Å². The molecule has 0 aliphatic carbocycles. The Labute approximate surface area is 233 Å². The summed E-state index contributed by atoms with van der Waals surface area (Å²) in [7, 11) is 0. The summed E-state index contributed by atoms with van der Waals surface area (Å²) in [5.74, 6) is -2.02. The number of aliphatic carboxylic acids is 1. The van der Waals surface area contributed by atoms with E-state index in [0.717, 1.165) is 16.5 Å². The molecule has 0 bridgehead atoms. The van der Waals surface area contributed by atoms with Crippen molar-refractivity contribution in [3.05, 3.63) is 59.2 Å². The number of hydrogen-bond acceptors (Lipinski definition) is 5. The van der Waals surface area contributed by atoms with Gasteiger partial charge in [-0.2, -0.15) is 0 Å². The summed E-state index contributed by atoms with van der Waals surface area (Å²) in [4.78, 5) is 39.4. The predicted octanol–water partition coefficient (Wildman–Crippen LogP) is 5.25. The monoisotopic (exact) mass is 568 g/mol. The Morgan fingerprint density at radius 2 is 1.85 bits per heavy atom. The molecule has 1 aliphatic heterocycles. The second-order valence-corrected chi connectivity index (χ2v) is 10.5. The maximum atomic E-state index is 13.9. The van der Waals surface area contributed by atoms with Gasteiger partial charge in [-0.3, -0.25) is 14.5 Å². The number of ether oxygens (including phenoxy) is 2. The van der Waals surface area contributed by atoms with Crippen LogP contribution in [0.1, 0.15) is 45.2 Å². The van der Waals surface area contributed by atoms with Crippen LogP contribution in [0.2, 0.25) is 0 Å². The molecule has 8 nitrogen and oxygen atoms in total. The van der Waals surface area contributed by atoms with Crippen LogP contribution in [0.4, 0.5) is 19.3 Å². The maximum Gasteiger partial charge on any atom is 0.410 e. The second kappa shape index (κ2) is 13.6. The molecule has 0 spiro atoms. The lowest BCUT2D eigenvalue weighted by atomic mass is 10.0. The summed E-state index contributed by atoms with van der Waals surface area (Å²) < 4.78 is 38.3. The predicted molar refractivity (Wildman–Crippen MR) is 145 cm³/mol. The zero-order valence-electron chi connectivity index (χ0n) is 22.5. The minimum absolute atomic E-state index is 0. The van der Waals surface area contributed by atoms with Crippen LogP contribution in [0.3, 0.4) is 0 Å². The number of carboxylic acid groups (broad SMARTS) is 1. The normalized spacial score (nSPS) is 13.2. The van der Waals surface area contributed by atoms with Gasteiger partial charge in [0.05, 0.1) is 13.0 Å². The first-order chi connectivity index (χ1) is 17.8. The highest BCUT2D eigenvalue weighted by Gasteiger charge is 2.30. The highest BCUT2D eigenvalue weighted by atomic mass is 35.5. The van der Waals surface area contributed by atoms with Gasteiger partial charge in [0.1, 0.15) is 29.5 Å². The first kappa shape index (κ1) is 31.8. The van der Waals surface area contributed by atoms with Gasteiger partial charge in [0.25, 0.3) is 0 Å². The van der Waals surface area contributed by atoms with Crippen molar-refractivity contribution in [3.63, 3.8) is 0 Å². The molecule has 1 aliphatic rings. The first-order valence-corrected chi connectivity index (χ1v) is 12.5. The largest absolute Gasteiger partial charge is 0.493 e. The molecule has 3 rings (SSSR count). The molecule has 0 saturated heterocycles. The molecule has 1 heterocycles. The lowest BCUT2D eigenvalue weighted by Gasteiger charge is -2.28. The maximum absolute atomic E-state index is 13.9. The third kappa shape index (κ3) is 9.38. The number of amides is 2. The van der Waals surface area contributed by atoms with Crippen molar-refractivity contribution in [1.29, 1.82) is 0 Å². The number of nitrogens with zero attached hydrogens (tertiary/aromatic N) is 2. The van der Waals surface area contributed by atoms with Crippen LogP contribution in [0, 0.1) is 17.6 Å². The summed E-state index contributed by atoms with van der Waals surface area (Å²) >= 11 is 0. The average molecular weight is 569 g/mol. The van der Waals surface area contributed by atoms with Crippen molar-refractivity contribution >= 4 is 36.1 Å². The molecular formula is C28H35ClF2N2O6. The smallest absolute Gasteiger partial charge is 0.410 e. The molecule has 0 fully saturated rings. The van der Waals surface area contributed by atoms with Gasteiger partial charge in [-0.25, -0.2) is 13.6 Å². The summed E-state index contributed by atoms with van der Waals surface area (Å²) in [6.45, 7) is 7.28. The van der Waals surface area contributed by atoms with E-state index in [2.05, 4.69) is 0 Å². The number of rotatable bonds is 10. The third-order valence-corrected chi connectivity index (χ3v) is 5.94. The topological polar surface area (TPSA) is 96.4 Å². The molecular weight excluding hydrogens is 534 g/mol. The highest BCUT2D eigenvalue weighted by molar-refractivity contribution is 5.98. The van der Waals surface area contributed by atoms with Gasteiger partial charge in [-0.05, 0) is 74.9 Å². The summed E-state index contributed by atoms with van der Waals surface area (Å²) in [5.41, 5.74) is 1.24. The number of anilines is 1. The van der Waals surface area contributed by atoms with E-state index in [-0.39, 0.29) is 43.7 Å². The Morgan fingerprint density at radius 3 is 2.49 bits per heavy atom. The minimum Gasteiger partial charge on any atom is -0.493 e. The zero-order chi connectivity index (χ0) is 28.0. The lowest BCUT2D eigenvalue weighted by molar-refractivity contribution is -0.137. The number of benzene rings is 2. The van der Waals surface area contributed by atoms with E-state index in [1.165, 1.54) is 12.1 Å². The van der Waals surface area contributed by atoms with Gasteiger partial charge in [0.15, 0.2) is 0 Å². The Kier molecular flexibility index (Phi) is 11.1.